The number of halogens is 5. The van der Waals surface area contributed by atoms with Crippen molar-refractivity contribution in [2.45, 2.75) is 25.6 Å². The number of nitrogens with two attached hydrogens (primary N) is 1. The number of carbonyl (C=O) groups is 1. The predicted molar refractivity (Wildman–Crippen MR) is 147 cm³/mol. The summed E-state index contributed by atoms with van der Waals surface area (Å²) in [6.45, 7) is 1.84. The van der Waals surface area contributed by atoms with Crippen LogP contribution in [0.25, 0.3) is 27.9 Å². The van der Waals surface area contributed by atoms with Crippen molar-refractivity contribution < 1.29 is 31.8 Å². The van der Waals surface area contributed by atoms with Crippen LogP contribution in [0.15, 0.2) is 67.3 Å². The van der Waals surface area contributed by atoms with Gasteiger partial charge in [-0.25, -0.2) is 9.07 Å². The van der Waals surface area contributed by atoms with Crippen molar-refractivity contribution in [3.8, 4) is 33.7 Å². The number of nitrogens with zero attached hydrogens (tertiary/aromatic N) is 6. The highest BCUT2D eigenvalue weighted by Gasteiger charge is 2.35. The van der Waals surface area contributed by atoms with Crippen LogP contribution in [0.5, 0.6) is 5.75 Å². The topological polar surface area (TPSA) is 128 Å². The number of rotatable bonds is 8. The zero-order chi connectivity index (χ0) is 31.1. The Kier molecular flexibility index (Phi) is 7.80. The monoisotopic (exact) mass is 615 g/mol. The minimum Gasteiger partial charge on any atom is -0.618 e. The number of aromatic nitrogens is 6. The van der Waals surface area contributed by atoms with Gasteiger partial charge >= 0.3 is 6.18 Å². The van der Waals surface area contributed by atoms with E-state index < -0.39 is 29.6 Å². The highest BCUT2D eigenvalue weighted by Crippen LogP contribution is 2.37. The van der Waals surface area contributed by atoms with Crippen molar-refractivity contribution in [1.29, 1.82) is 0 Å². The highest BCUT2D eigenvalue weighted by molar-refractivity contribution is 6.31. The van der Waals surface area contributed by atoms with Gasteiger partial charge in [-0.2, -0.15) is 23.0 Å². The molecule has 1 amide bonds. The van der Waals surface area contributed by atoms with E-state index in [9.17, 15) is 27.6 Å². The Morgan fingerprint density at radius 2 is 1.91 bits per heavy atom. The first-order valence-electron chi connectivity index (χ1n) is 12.7. The molecule has 0 bridgehead atoms. The molecule has 43 heavy (non-hydrogen) atoms. The molecule has 1 atom stereocenters. The molecule has 0 fully saturated rings. The van der Waals surface area contributed by atoms with Gasteiger partial charge in [0.1, 0.15) is 17.6 Å². The summed E-state index contributed by atoms with van der Waals surface area (Å²) in [5, 5.41) is 24.9. The molecule has 3 aromatic heterocycles. The summed E-state index contributed by atoms with van der Waals surface area (Å²) >= 11 is 6.23. The van der Waals surface area contributed by atoms with Gasteiger partial charge in [-0.1, -0.05) is 29.8 Å². The Hall–Kier alpha value is -4.98. The van der Waals surface area contributed by atoms with Gasteiger partial charge in [0, 0.05) is 22.3 Å². The van der Waals surface area contributed by atoms with E-state index in [1.54, 1.807) is 6.20 Å². The Morgan fingerprint density at radius 1 is 1.14 bits per heavy atom. The first-order chi connectivity index (χ1) is 20.4. The molecule has 5 rings (SSSR count). The molecule has 0 saturated carbocycles. The summed E-state index contributed by atoms with van der Waals surface area (Å²) < 4.78 is 62.6. The minimum atomic E-state index is -4.70. The molecule has 0 unspecified atom stereocenters. The number of ether oxygens (including phenoxy) is 1. The molecule has 0 aliphatic heterocycles. The number of primary amides is 1. The smallest absolute Gasteiger partial charge is 0.436 e. The average molecular weight is 616 g/mol. The summed E-state index contributed by atoms with van der Waals surface area (Å²) in [7, 11) is 1.39. The van der Waals surface area contributed by atoms with Crippen molar-refractivity contribution in [3.63, 3.8) is 0 Å². The van der Waals surface area contributed by atoms with Crippen molar-refractivity contribution >= 4 is 17.5 Å². The van der Waals surface area contributed by atoms with Gasteiger partial charge in [0.05, 0.1) is 42.4 Å². The Bertz CT molecular complexity index is 1840. The lowest BCUT2D eigenvalue weighted by Gasteiger charge is -2.19. The van der Waals surface area contributed by atoms with Gasteiger partial charge in [-0.15, -0.1) is 5.10 Å². The van der Waals surface area contributed by atoms with Crippen LogP contribution < -0.4 is 15.2 Å². The second-order valence-corrected chi connectivity index (χ2v) is 9.84. The van der Waals surface area contributed by atoms with Crippen LogP contribution in [0.1, 0.15) is 41.1 Å². The fourth-order valence-electron chi connectivity index (χ4n) is 4.66. The fourth-order valence-corrected chi connectivity index (χ4v) is 4.84. The van der Waals surface area contributed by atoms with Gasteiger partial charge in [-0.3, -0.25) is 9.48 Å². The van der Waals surface area contributed by atoms with Crippen LogP contribution in [0, 0.1) is 11.0 Å². The SMILES string of the molecule is CC[C@@H](c1cc(OC)c(-c2cc(Cl)ccc2-n2cc(C(F)(F)F)nn2)c[n+]1[O-])n1cc(-c2ccc(C(N)=O)c(F)c2)cn1. The first-order valence-corrected chi connectivity index (χ1v) is 13.0. The highest BCUT2D eigenvalue weighted by atomic mass is 35.5. The minimum absolute atomic E-state index is 0.178. The van der Waals surface area contributed by atoms with Crippen LogP contribution in [-0.2, 0) is 6.18 Å². The van der Waals surface area contributed by atoms with Crippen LogP contribution in [-0.4, -0.2) is 37.8 Å². The molecule has 0 spiro atoms. The van der Waals surface area contributed by atoms with Crippen LogP contribution in [0.2, 0.25) is 5.02 Å². The van der Waals surface area contributed by atoms with E-state index in [0.717, 1.165) is 10.9 Å². The number of pyridine rings is 1. The van der Waals surface area contributed by atoms with E-state index in [2.05, 4.69) is 15.4 Å². The molecule has 2 aromatic carbocycles. The normalized spacial score (nSPS) is 12.3. The van der Waals surface area contributed by atoms with Crippen molar-refractivity contribution in [2.24, 2.45) is 5.73 Å². The van der Waals surface area contributed by atoms with Crippen LogP contribution >= 0.6 is 11.6 Å². The standard InChI is InChI=1S/C28H22ClF4N7O3/c1-3-22(38-12-16(11-35-38)15-4-6-18(27(34)41)21(30)8-15)24-10-25(43-2)20(13-40(24)42)19-9-17(29)5-7-23(19)39-14-26(36-37-39)28(31,32)33/h4-14,22H,3H2,1-2H3,(H2,34,41)/t22-/m0/s1. The quantitative estimate of drug-likeness (QED) is 0.142. The molecule has 3 heterocycles. The summed E-state index contributed by atoms with van der Waals surface area (Å²) in [5.41, 5.74) is 5.67. The van der Waals surface area contributed by atoms with E-state index in [1.807, 2.05) is 6.92 Å². The van der Waals surface area contributed by atoms with E-state index >= 15 is 0 Å². The Balaban J connectivity index is 1.55. The predicted octanol–water partition coefficient (Wildman–Crippen LogP) is 5.35. The molecule has 0 saturated heterocycles. The third-order valence-corrected chi connectivity index (χ3v) is 7.00. The lowest BCUT2D eigenvalue weighted by Crippen LogP contribution is -2.35. The largest absolute Gasteiger partial charge is 0.618 e. The van der Waals surface area contributed by atoms with E-state index in [1.165, 1.54) is 66.6 Å². The maximum absolute atomic E-state index is 14.4. The lowest BCUT2D eigenvalue weighted by atomic mass is 10.0. The second kappa shape index (κ2) is 11.4. The lowest BCUT2D eigenvalue weighted by molar-refractivity contribution is -0.615. The van der Waals surface area contributed by atoms with Crippen molar-refractivity contribution in [2.75, 3.05) is 7.11 Å². The molecule has 0 aliphatic carbocycles. The summed E-state index contributed by atoms with van der Waals surface area (Å²) in [6, 6.07) is 9.30. The van der Waals surface area contributed by atoms with E-state index in [0.29, 0.717) is 22.3 Å². The zero-order valence-electron chi connectivity index (χ0n) is 22.5. The van der Waals surface area contributed by atoms with Gasteiger partial charge in [0.15, 0.2) is 11.9 Å². The fraction of sp³-hybridized carbons (Fsp3) is 0.179. The zero-order valence-corrected chi connectivity index (χ0v) is 23.3. The van der Waals surface area contributed by atoms with Gasteiger partial charge in [0.25, 0.3) is 5.91 Å². The molecule has 5 aromatic rings. The van der Waals surface area contributed by atoms with Gasteiger partial charge in [0.2, 0.25) is 5.69 Å². The summed E-state index contributed by atoms with van der Waals surface area (Å²) in [4.78, 5) is 11.4. The number of amides is 1. The number of hydrogen-bond acceptors (Lipinski definition) is 6. The summed E-state index contributed by atoms with van der Waals surface area (Å²) in [5.74, 6) is -1.43. The molecule has 222 valence electrons. The third kappa shape index (κ3) is 5.73. The molecule has 10 nitrogen and oxygen atoms in total. The number of hydrogen-bond donors (Lipinski definition) is 1. The molecular weight excluding hydrogens is 594 g/mol. The number of benzene rings is 2. The first kappa shape index (κ1) is 29.5. The number of carbonyl (C=O) groups excluding carboxylic acids is 1. The number of alkyl halides is 3. The van der Waals surface area contributed by atoms with Crippen LogP contribution in [0.4, 0.5) is 17.6 Å². The van der Waals surface area contributed by atoms with E-state index in [-0.39, 0.29) is 38.8 Å². The molecular formula is C28H22ClF4N7O3. The van der Waals surface area contributed by atoms with Gasteiger partial charge < -0.3 is 15.7 Å². The third-order valence-electron chi connectivity index (χ3n) is 6.76. The maximum atomic E-state index is 14.4. The molecule has 0 aliphatic rings. The molecule has 15 heteroatoms. The number of methoxy groups -OCH3 is 1. The molecule has 2 N–H and O–H groups in total. The Morgan fingerprint density at radius 3 is 2.53 bits per heavy atom. The van der Waals surface area contributed by atoms with Crippen LogP contribution in [0.3, 0.4) is 0 Å². The molecule has 0 radical (unpaired) electrons. The van der Waals surface area contributed by atoms with Crippen molar-refractivity contribution in [3.05, 3.63) is 100 Å². The second-order valence-electron chi connectivity index (χ2n) is 9.41. The van der Waals surface area contributed by atoms with Crippen molar-refractivity contribution in [1.82, 2.24) is 24.8 Å². The van der Waals surface area contributed by atoms with E-state index in [4.69, 9.17) is 22.1 Å². The summed E-state index contributed by atoms with van der Waals surface area (Å²) in [6.07, 6.45) is 0.802. The average Bonchev–Trinajstić information content (AvgIpc) is 3.65. The maximum Gasteiger partial charge on any atom is 0.436 e. The Labute approximate surface area is 246 Å². The van der Waals surface area contributed by atoms with Gasteiger partial charge in [-0.05, 0) is 42.3 Å².